The van der Waals surface area contributed by atoms with Gasteiger partial charge in [0.2, 0.25) is 0 Å². The Bertz CT molecular complexity index is 315. The minimum Gasteiger partial charge on any atom is -0.316 e. The molecule has 1 saturated heterocycles. The number of aromatic nitrogens is 1. The summed E-state index contributed by atoms with van der Waals surface area (Å²) in [5.41, 5.74) is 3.53. The summed E-state index contributed by atoms with van der Waals surface area (Å²) < 4.78 is 0. The van der Waals surface area contributed by atoms with Crippen LogP contribution in [0.5, 0.6) is 0 Å². The highest BCUT2D eigenvalue weighted by Gasteiger charge is 2.27. The molecule has 0 radical (unpaired) electrons. The number of nitrogens with zero attached hydrogens (tertiary/aromatic N) is 1. The summed E-state index contributed by atoms with van der Waals surface area (Å²) in [5.74, 6) is 0. The smallest absolute Gasteiger partial charge is 0.0798 e. The van der Waals surface area contributed by atoms with Crippen LogP contribution in [-0.2, 0) is 6.54 Å². The van der Waals surface area contributed by atoms with E-state index in [2.05, 4.69) is 29.5 Å². The zero-order valence-corrected chi connectivity index (χ0v) is 10.3. The van der Waals surface area contributed by atoms with Crippen molar-refractivity contribution in [1.82, 2.24) is 15.6 Å². The first-order valence-corrected chi connectivity index (χ1v) is 6.38. The predicted molar refractivity (Wildman–Crippen MR) is 64.2 cm³/mol. The third-order valence-electron chi connectivity index (χ3n) is 3.14. The summed E-state index contributed by atoms with van der Waals surface area (Å²) in [5, 5.41) is 6.96. The molecule has 4 heteroatoms. The Morgan fingerprint density at radius 1 is 1.67 bits per heavy atom. The van der Waals surface area contributed by atoms with Crippen LogP contribution < -0.4 is 10.6 Å². The minimum atomic E-state index is 0.443. The molecule has 0 aliphatic carbocycles. The van der Waals surface area contributed by atoms with Crippen LogP contribution in [0.15, 0.2) is 5.51 Å². The molecule has 1 aliphatic rings. The van der Waals surface area contributed by atoms with Gasteiger partial charge in [-0.15, -0.1) is 11.3 Å². The molecule has 2 heterocycles. The molecule has 0 bridgehead atoms. The number of thiazole rings is 1. The molecule has 1 atom stereocenters. The summed E-state index contributed by atoms with van der Waals surface area (Å²) in [7, 11) is 0. The average Bonchev–Trinajstić information content (AvgIpc) is 2.78. The Labute approximate surface area is 95.3 Å². The molecule has 1 aromatic rings. The fourth-order valence-corrected chi connectivity index (χ4v) is 2.74. The van der Waals surface area contributed by atoms with Gasteiger partial charge in [-0.05, 0) is 25.3 Å². The first kappa shape index (κ1) is 11.0. The fraction of sp³-hybridized carbons (Fsp3) is 0.727. The highest BCUT2D eigenvalue weighted by molar-refractivity contribution is 7.09. The lowest BCUT2D eigenvalue weighted by atomic mass is 9.90. The lowest BCUT2D eigenvalue weighted by molar-refractivity contribution is 0.339. The van der Waals surface area contributed by atoms with Crippen LogP contribution in [0.25, 0.3) is 0 Å². The van der Waals surface area contributed by atoms with Crippen LogP contribution in [0, 0.1) is 12.3 Å². The Kier molecular flexibility index (Phi) is 3.38. The molecule has 2 N–H and O–H groups in total. The van der Waals surface area contributed by atoms with Crippen molar-refractivity contribution in [3.63, 3.8) is 0 Å². The molecule has 1 unspecified atom stereocenters. The standard InChI is InChI=1S/C11H19N3S/c1-9-10(15-8-14-9)5-13-7-11(2)3-4-12-6-11/h8,12-13H,3-7H2,1-2H3. The van der Waals surface area contributed by atoms with E-state index in [-0.39, 0.29) is 0 Å². The molecule has 3 nitrogen and oxygen atoms in total. The monoisotopic (exact) mass is 225 g/mol. The summed E-state index contributed by atoms with van der Waals surface area (Å²) in [6, 6.07) is 0. The summed E-state index contributed by atoms with van der Waals surface area (Å²) in [6.07, 6.45) is 1.28. The van der Waals surface area contributed by atoms with Crippen molar-refractivity contribution >= 4 is 11.3 Å². The van der Waals surface area contributed by atoms with Crippen molar-refractivity contribution in [2.24, 2.45) is 5.41 Å². The van der Waals surface area contributed by atoms with Crippen molar-refractivity contribution < 1.29 is 0 Å². The molecule has 15 heavy (non-hydrogen) atoms. The van der Waals surface area contributed by atoms with Crippen molar-refractivity contribution in [1.29, 1.82) is 0 Å². The Balaban J connectivity index is 1.77. The van der Waals surface area contributed by atoms with Gasteiger partial charge in [0.05, 0.1) is 11.2 Å². The van der Waals surface area contributed by atoms with Gasteiger partial charge in [-0.2, -0.15) is 0 Å². The Morgan fingerprint density at radius 2 is 2.53 bits per heavy atom. The lowest BCUT2D eigenvalue weighted by Gasteiger charge is -2.22. The van der Waals surface area contributed by atoms with Gasteiger partial charge in [-0.25, -0.2) is 4.98 Å². The molecular formula is C11H19N3S. The zero-order valence-electron chi connectivity index (χ0n) is 9.47. The second-order valence-electron chi connectivity index (χ2n) is 4.70. The number of aryl methyl sites for hydroxylation is 1. The normalized spacial score (nSPS) is 26.0. The van der Waals surface area contributed by atoms with E-state index < -0.39 is 0 Å². The van der Waals surface area contributed by atoms with Crippen LogP contribution in [0.1, 0.15) is 23.9 Å². The molecule has 0 amide bonds. The van der Waals surface area contributed by atoms with Gasteiger partial charge >= 0.3 is 0 Å². The van der Waals surface area contributed by atoms with Crippen molar-refractivity contribution in [2.45, 2.75) is 26.8 Å². The maximum Gasteiger partial charge on any atom is 0.0798 e. The van der Waals surface area contributed by atoms with E-state index in [9.17, 15) is 0 Å². The second-order valence-corrected chi connectivity index (χ2v) is 5.64. The highest BCUT2D eigenvalue weighted by atomic mass is 32.1. The van der Waals surface area contributed by atoms with E-state index in [1.807, 2.05) is 5.51 Å². The maximum atomic E-state index is 4.25. The van der Waals surface area contributed by atoms with Crippen LogP contribution >= 0.6 is 11.3 Å². The predicted octanol–water partition coefficient (Wildman–Crippen LogP) is 1.54. The summed E-state index contributed by atoms with van der Waals surface area (Å²) in [6.45, 7) is 8.79. The van der Waals surface area contributed by atoms with Crippen LogP contribution in [0.3, 0.4) is 0 Å². The topological polar surface area (TPSA) is 37.0 Å². The molecular weight excluding hydrogens is 206 g/mol. The van der Waals surface area contributed by atoms with Crippen molar-refractivity contribution in [3.05, 3.63) is 16.1 Å². The van der Waals surface area contributed by atoms with Gasteiger partial charge in [0.15, 0.2) is 0 Å². The van der Waals surface area contributed by atoms with E-state index in [1.54, 1.807) is 11.3 Å². The first-order chi connectivity index (χ1) is 7.20. The van der Waals surface area contributed by atoms with Gasteiger partial charge in [0.25, 0.3) is 0 Å². The van der Waals surface area contributed by atoms with Gasteiger partial charge in [-0.3, -0.25) is 0 Å². The van der Waals surface area contributed by atoms with E-state index in [1.165, 1.54) is 17.0 Å². The molecule has 1 aliphatic heterocycles. The van der Waals surface area contributed by atoms with Crippen LogP contribution in [-0.4, -0.2) is 24.6 Å². The molecule has 84 valence electrons. The van der Waals surface area contributed by atoms with Gasteiger partial charge in [0.1, 0.15) is 0 Å². The zero-order chi connectivity index (χ0) is 10.7. The molecule has 2 rings (SSSR count). The first-order valence-electron chi connectivity index (χ1n) is 5.50. The van der Waals surface area contributed by atoms with Crippen molar-refractivity contribution in [3.8, 4) is 0 Å². The average molecular weight is 225 g/mol. The Morgan fingerprint density at radius 3 is 3.13 bits per heavy atom. The van der Waals surface area contributed by atoms with Gasteiger partial charge in [-0.1, -0.05) is 6.92 Å². The van der Waals surface area contributed by atoms with Gasteiger partial charge < -0.3 is 10.6 Å². The highest BCUT2D eigenvalue weighted by Crippen LogP contribution is 2.23. The lowest BCUT2D eigenvalue weighted by Crippen LogP contribution is -2.33. The maximum absolute atomic E-state index is 4.25. The van der Waals surface area contributed by atoms with E-state index >= 15 is 0 Å². The van der Waals surface area contributed by atoms with Crippen LogP contribution in [0.2, 0.25) is 0 Å². The molecule has 1 aromatic heterocycles. The molecule has 0 aromatic carbocycles. The molecule has 1 fully saturated rings. The quantitative estimate of drug-likeness (QED) is 0.816. The van der Waals surface area contributed by atoms with E-state index in [0.29, 0.717) is 5.41 Å². The summed E-state index contributed by atoms with van der Waals surface area (Å²) >= 11 is 1.74. The van der Waals surface area contributed by atoms with E-state index in [0.717, 1.165) is 26.2 Å². The number of hydrogen-bond donors (Lipinski definition) is 2. The van der Waals surface area contributed by atoms with Crippen molar-refractivity contribution in [2.75, 3.05) is 19.6 Å². The number of rotatable bonds is 4. The Hall–Kier alpha value is -0.450. The van der Waals surface area contributed by atoms with Crippen LogP contribution in [0.4, 0.5) is 0 Å². The largest absolute Gasteiger partial charge is 0.316 e. The third kappa shape index (κ3) is 2.77. The third-order valence-corrected chi connectivity index (χ3v) is 4.07. The minimum absolute atomic E-state index is 0.443. The molecule has 0 saturated carbocycles. The van der Waals surface area contributed by atoms with E-state index in [4.69, 9.17) is 0 Å². The number of nitrogens with one attached hydrogen (secondary N) is 2. The fourth-order valence-electron chi connectivity index (χ4n) is 1.99. The number of hydrogen-bond acceptors (Lipinski definition) is 4. The van der Waals surface area contributed by atoms with Gasteiger partial charge in [0, 0.05) is 24.5 Å². The molecule has 0 spiro atoms. The SMILES string of the molecule is Cc1ncsc1CNCC1(C)CCNC1. The second kappa shape index (κ2) is 4.60. The summed E-state index contributed by atoms with van der Waals surface area (Å²) in [4.78, 5) is 5.62.